The van der Waals surface area contributed by atoms with Gasteiger partial charge < -0.3 is 9.79 Å². The molecule has 0 aliphatic heterocycles. The summed E-state index contributed by atoms with van der Waals surface area (Å²) in [5.41, 5.74) is 0. The molecule has 0 radical (unpaired) electrons. The zero-order chi connectivity index (χ0) is 7.28. The average molecular weight is 174 g/mol. The Kier molecular flexibility index (Phi) is 4.84. The highest BCUT2D eigenvalue weighted by Crippen LogP contribution is 2.15. The third-order valence-corrected chi connectivity index (χ3v) is 0.548. The molecule has 9 heteroatoms. The molecule has 7 nitrogen and oxygen atoms in total. The molecule has 0 amide bonds. The van der Waals surface area contributed by atoms with Gasteiger partial charge in [-0.3, -0.25) is 0 Å². The van der Waals surface area contributed by atoms with Gasteiger partial charge in [0.1, 0.15) is 0 Å². The van der Waals surface area contributed by atoms with E-state index in [1.165, 1.54) is 0 Å². The molecular formula is O7P2. The monoisotopic (exact) mass is 174 g/mol. The predicted molar refractivity (Wildman–Crippen MR) is 18.5 cm³/mol. The summed E-state index contributed by atoms with van der Waals surface area (Å²) in [6.45, 7) is 0. The van der Waals surface area contributed by atoms with E-state index < -0.39 is 16.5 Å². The van der Waals surface area contributed by atoms with Crippen LogP contribution in [0.4, 0.5) is 0 Å². The maximum Gasteiger partial charge on any atom is 0.525 e. The summed E-state index contributed by atoms with van der Waals surface area (Å²) in [5.74, 6) is 0. The number of hydrogen-bond donors (Lipinski definition) is 0. The highest BCUT2D eigenvalue weighted by molar-refractivity contribution is 7.30. The topological polar surface area (TPSA) is 108 Å². The molecule has 0 heterocycles. The summed E-state index contributed by atoms with van der Waals surface area (Å²) in [6, 6.07) is 0. The summed E-state index contributed by atoms with van der Waals surface area (Å²) in [4.78, 5) is 18.8. The van der Waals surface area contributed by atoms with Crippen molar-refractivity contribution in [2.24, 2.45) is 0 Å². The van der Waals surface area contributed by atoms with Gasteiger partial charge in [0.05, 0.1) is 9.35 Å². The predicted octanol–water partition coefficient (Wildman–Crippen LogP) is -1.10. The molecule has 0 aromatic carbocycles. The SMILES string of the molecule is O=[P+]([O-])OOO[P+](=O)[O-]. The van der Waals surface area contributed by atoms with Crippen LogP contribution in [0.5, 0.6) is 0 Å². The van der Waals surface area contributed by atoms with Gasteiger partial charge in [0.25, 0.3) is 0 Å². The molecule has 2 atom stereocenters. The first-order chi connectivity index (χ1) is 4.13. The molecule has 0 aliphatic carbocycles. The van der Waals surface area contributed by atoms with Crippen LogP contribution in [0, 0.1) is 0 Å². The van der Waals surface area contributed by atoms with Crippen molar-refractivity contribution in [1.29, 1.82) is 0 Å². The van der Waals surface area contributed by atoms with Crippen LogP contribution >= 0.6 is 16.5 Å². The van der Waals surface area contributed by atoms with E-state index in [-0.39, 0.29) is 0 Å². The van der Waals surface area contributed by atoms with Crippen molar-refractivity contribution in [1.82, 2.24) is 0 Å². The van der Waals surface area contributed by atoms with Gasteiger partial charge in [-0.05, 0) is 9.13 Å². The van der Waals surface area contributed by atoms with E-state index in [1.54, 1.807) is 0 Å². The van der Waals surface area contributed by atoms with Crippen LogP contribution in [-0.4, -0.2) is 0 Å². The Balaban J connectivity index is 3.10. The van der Waals surface area contributed by atoms with Crippen LogP contribution in [0.2, 0.25) is 0 Å². The summed E-state index contributed by atoms with van der Waals surface area (Å²) < 4.78 is 25.2. The smallest absolute Gasteiger partial charge is 0.525 e. The van der Waals surface area contributed by atoms with Crippen LogP contribution < -0.4 is 9.79 Å². The van der Waals surface area contributed by atoms with Crippen LogP contribution in [0.15, 0.2) is 0 Å². The molecule has 52 valence electrons. The second kappa shape index (κ2) is 4.84. The molecule has 0 fully saturated rings. The summed E-state index contributed by atoms with van der Waals surface area (Å²) >= 11 is 0. The zero-order valence-corrected chi connectivity index (χ0v) is 5.54. The molecule has 0 aliphatic rings. The largest absolute Gasteiger partial charge is 0.564 e. The molecule has 0 spiro atoms. The van der Waals surface area contributed by atoms with Crippen molar-refractivity contribution in [2.75, 3.05) is 0 Å². The number of rotatable bonds is 4. The molecule has 9 heavy (non-hydrogen) atoms. The normalized spacial score (nSPS) is 13.1. The third-order valence-electron chi connectivity index (χ3n) is 0.183. The van der Waals surface area contributed by atoms with Crippen LogP contribution in [0.25, 0.3) is 0 Å². The van der Waals surface area contributed by atoms with Gasteiger partial charge in [-0.15, -0.1) is 0 Å². The Labute approximate surface area is 50.9 Å². The minimum Gasteiger partial charge on any atom is -0.564 e. The first-order valence-corrected chi connectivity index (χ1v) is 3.62. The molecule has 0 N–H and O–H groups in total. The average Bonchev–Trinajstić information content (AvgIpc) is 1.63. The van der Waals surface area contributed by atoms with E-state index in [0.29, 0.717) is 0 Å². The van der Waals surface area contributed by atoms with Crippen molar-refractivity contribution in [3.63, 3.8) is 0 Å². The summed E-state index contributed by atoms with van der Waals surface area (Å²) in [5, 5.41) is 3.16. The lowest BCUT2D eigenvalue weighted by Crippen LogP contribution is -1.95. The van der Waals surface area contributed by atoms with Gasteiger partial charge >= 0.3 is 16.5 Å². The molecular weight excluding hydrogens is 174 g/mol. The molecule has 0 aromatic heterocycles. The lowest BCUT2D eigenvalue weighted by molar-refractivity contribution is -0.440. The first kappa shape index (κ1) is 9.00. The van der Waals surface area contributed by atoms with Crippen molar-refractivity contribution in [3.05, 3.63) is 0 Å². The Morgan fingerprint density at radius 1 is 1.00 bits per heavy atom. The highest BCUT2D eigenvalue weighted by Gasteiger charge is 2.09. The van der Waals surface area contributed by atoms with Crippen LogP contribution in [-0.2, 0) is 23.5 Å². The molecule has 0 saturated carbocycles. The number of hydrogen-bond acceptors (Lipinski definition) is 7. The van der Waals surface area contributed by atoms with Gasteiger partial charge in [-0.25, -0.2) is 0 Å². The van der Waals surface area contributed by atoms with E-state index in [2.05, 4.69) is 14.4 Å². The first-order valence-electron chi connectivity index (χ1n) is 1.43. The van der Waals surface area contributed by atoms with Gasteiger partial charge in [0, 0.05) is 5.04 Å². The van der Waals surface area contributed by atoms with Crippen molar-refractivity contribution < 1.29 is 33.3 Å². The minimum absolute atomic E-state index is 3.16. The van der Waals surface area contributed by atoms with Crippen molar-refractivity contribution in [3.8, 4) is 0 Å². The highest BCUT2D eigenvalue weighted by atomic mass is 31.1. The fraction of sp³-hybridized carbons (Fsp3) is 0. The minimum atomic E-state index is -3.25. The second-order valence-corrected chi connectivity index (χ2v) is 1.86. The van der Waals surface area contributed by atoms with Crippen LogP contribution in [0.1, 0.15) is 0 Å². The molecule has 0 aromatic rings. The maximum atomic E-state index is 9.39. The standard InChI is InChI=1S/O7P2/c1-8(2)6-5-7-9(3)4. The fourth-order valence-corrected chi connectivity index (χ4v) is 0.272. The Bertz CT molecular complexity index is 102. The summed E-state index contributed by atoms with van der Waals surface area (Å²) in [6.07, 6.45) is 0. The van der Waals surface area contributed by atoms with E-state index in [4.69, 9.17) is 0 Å². The lowest BCUT2D eigenvalue weighted by atomic mass is 14.6. The van der Waals surface area contributed by atoms with Gasteiger partial charge in [-0.1, -0.05) is 0 Å². The molecule has 0 bridgehead atoms. The zero-order valence-electron chi connectivity index (χ0n) is 3.75. The van der Waals surface area contributed by atoms with Crippen molar-refractivity contribution >= 4 is 16.5 Å². The lowest BCUT2D eigenvalue weighted by Gasteiger charge is -1.82. The quantitative estimate of drug-likeness (QED) is 0.302. The third kappa shape index (κ3) is 8.00. The van der Waals surface area contributed by atoms with Crippen LogP contribution in [0.3, 0.4) is 0 Å². The molecule has 0 rings (SSSR count). The molecule has 0 saturated heterocycles. The van der Waals surface area contributed by atoms with Crippen molar-refractivity contribution in [2.45, 2.75) is 0 Å². The Morgan fingerprint density at radius 3 is 1.56 bits per heavy atom. The Morgan fingerprint density at radius 2 is 1.33 bits per heavy atom. The maximum absolute atomic E-state index is 9.39. The fourth-order valence-electron chi connectivity index (χ4n) is 0.0633. The summed E-state index contributed by atoms with van der Waals surface area (Å²) in [7, 11) is -6.49. The van der Waals surface area contributed by atoms with E-state index in [1.807, 2.05) is 0 Å². The second-order valence-electron chi connectivity index (χ2n) is 0.664. The van der Waals surface area contributed by atoms with E-state index in [0.717, 1.165) is 0 Å². The molecule has 2 unspecified atom stereocenters. The van der Waals surface area contributed by atoms with Gasteiger partial charge in [-0.2, -0.15) is 0 Å². The van der Waals surface area contributed by atoms with Gasteiger partial charge in [0.2, 0.25) is 0 Å². The van der Waals surface area contributed by atoms with E-state index in [9.17, 15) is 18.9 Å². The Hall–Kier alpha value is -0.0000000000000000486. The van der Waals surface area contributed by atoms with E-state index >= 15 is 0 Å². The van der Waals surface area contributed by atoms with Gasteiger partial charge in [0.15, 0.2) is 0 Å².